The van der Waals surface area contributed by atoms with Crippen molar-refractivity contribution >= 4 is 32.6 Å². The Labute approximate surface area is 135 Å². The van der Waals surface area contributed by atoms with E-state index in [9.17, 15) is 13.2 Å². The van der Waals surface area contributed by atoms with Crippen LogP contribution in [0.1, 0.15) is 12.8 Å². The van der Waals surface area contributed by atoms with Crippen molar-refractivity contribution in [2.75, 3.05) is 23.4 Å². The average Bonchev–Trinajstić information content (AvgIpc) is 2.86. The van der Waals surface area contributed by atoms with E-state index in [0.717, 1.165) is 10.9 Å². The number of fused-ring (bicyclic) bond motifs is 1. The molecule has 1 atom stereocenters. The highest BCUT2D eigenvalue weighted by molar-refractivity contribution is 7.91. The molecular weight excluding hydrogens is 314 g/mol. The molecule has 23 heavy (non-hydrogen) atoms. The van der Waals surface area contributed by atoms with Gasteiger partial charge in [0.15, 0.2) is 9.84 Å². The predicted molar refractivity (Wildman–Crippen MR) is 90.1 cm³/mol. The number of nitrogens with one attached hydrogen (secondary N) is 2. The number of pyridine rings is 1. The first kappa shape index (κ1) is 15.7. The van der Waals surface area contributed by atoms with Gasteiger partial charge in [0, 0.05) is 11.9 Å². The Morgan fingerprint density at radius 2 is 2.04 bits per heavy atom. The van der Waals surface area contributed by atoms with E-state index in [1.807, 2.05) is 30.3 Å². The molecule has 1 aromatic carbocycles. The number of hydrogen-bond donors (Lipinski definition) is 2. The smallest absolute Gasteiger partial charge is 0.320 e. The third-order valence-electron chi connectivity index (χ3n) is 4.00. The third-order valence-corrected chi connectivity index (χ3v) is 5.84. The molecular formula is C16H19N3O3S. The van der Waals surface area contributed by atoms with Crippen molar-refractivity contribution in [3.63, 3.8) is 0 Å². The third kappa shape index (κ3) is 4.19. The molecule has 3 rings (SSSR count). The molecule has 7 heteroatoms. The number of carbonyl (C=O) groups is 1. The van der Waals surface area contributed by atoms with Gasteiger partial charge in [0.1, 0.15) is 5.82 Å². The van der Waals surface area contributed by atoms with E-state index in [2.05, 4.69) is 15.6 Å². The summed E-state index contributed by atoms with van der Waals surface area (Å²) in [7, 11) is -2.85. The Morgan fingerprint density at radius 3 is 2.83 bits per heavy atom. The zero-order chi connectivity index (χ0) is 16.3. The lowest BCUT2D eigenvalue weighted by Crippen LogP contribution is -2.31. The van der Waals surface area contributed by atoms with Gasteiger partial charge >= 0.3 is 6.03 Å². The second kappa shape index (κ2) is 6.54. The molecule has 2 heterocycles. The van der Waals surface area contributed by atoms with E-state index < -0.39 is 9.84 Å². The second-order valence-corrected chi connectivity index (χ2v) is 8.06. The summed E-state index contributed by atoms with van der Waals surface area (Å²) in [6.07, 6.45) is 1.37. The fraction of sp³-hybridized carbons (Fsp3) is 0.375. The topological polar surface area (TPSA) is 88.2 Å². The van der Waals surface area contributed by atoms with Crippen LogP contribution in [-0.2, 0) is 9.84 Å². The van der Waals surface area contributed by atoms with E-state index in [1.165, 1.54) is 0 Å². The van der Waals surface area contributed by atoms with Crippen LogP contribution in [0.2, 0.25) is 0 Å². The van der Waals surface area contributed by atoms with Crippen LogP contribution in [0, 0.1) is 5.92 Å². The first-order valence-electron chi connectivity index (χ1n) is 7.63. The minimum atomic E-state index is -2.85. The van der Waals surface area contributed by atoms with Gasteiger partial charge in [0.05, 0.1) is 17.0 Å². The molecule has 0 bridgehead atoms. The first-order chi connectivity index (χ1) is 11.0. The Hall–Kier alpha value is -2.15. The molecule has 0 saturated carbocycles. The lowest BCUT2D eigenvalue weighted by molar-refractivity contribution is 0.251. The molecule has 1 unspecified atom stereocenters. The number of aromatic nitrogens is 1. The molecule has 0 aliphatic carbocycles. The summed E-state index contributed by atoms with van der Waals surface area (Å²) in [5.74, 6) is 1.15. The van der Waals surface area contributed by atoms with E-state index in [0.29, 0.717) is 25.2 Å². The van der Waals surface area contributed by atoms with Gasteiger partial charge in [-0.1, -0.05) is 18.2 Å². The van der Waals surface area contributed by atoms with Crippen LogP contribution in [0.3, 0.4) is 0 Å². The van der Waals surface area contributed by atoms with Crippen molar-refractivity contribution in [1.82, 2.24) is 10.3 Å². The summed E-state index contributed by atoms with van der Waals surface area (Å²) in [6.45, 7) is 0.458. The fourth-order valence-corrected chi connectivity index (χ4v) is 4.70. The second-order valence-electron chi connectivity index (χ2n) is 5.83. The van der Waals surface area contributed by atoms with Crippen LogP contribution in [0.5, 0.6) is 0 Å². The largest absolute Gasteiger partial charge is 0.338 e. The van der Waals surface area contributed by atoms with Crippen molar-refractivity contribution in [2.24, 2.45) is 5.92 Å². The maximum atomic E-state index is 11.9. The van der Waals surface area contributed by atoms with E-state index in [4.69, 9.17) is 0 Å². The number of hydrogen-bond acceptors (Lipinski definition) is 4. The highest BCUT2D eigenvalue weighted by atomic mass is 32.2. The summed E-state index contributed by atoms with van der Waals surface area (Å²) in [6, 6.07) is 11.0. The van der Waals surface area contributed by atoms with Gasteiger partial charge in [0.2, 0.25) is 0 Å². The number of amides is 2. The number of rotatable bonds is 4. The van der Waals surface area contributed by atoms with E-state index in [-0.39, 0.29) is 23.5 Å². The Morgan fingerprint density at radius 1 is 1.22 bits per heavy atom. The lowest BCUT2D eigenvalue weighted by Gasteiger charge is -2.10. The Kier molecular flexibility index (Phi) is 4.47. The number of para-hydroxylation sites is 1. The summed E-state index contributed by atoms with van der Waals surface area (Å²) in [4.78, 5) is 16.2. The predicted octanol–water partition coefficient (Wildman–Crippen LogP) is 2.18. The number of anilines is 1. The SMILES string of the molecule is O=C(NCCC1CCS(=O)(=O)C1)Nc1ccc2ccccc2n1. The van der Waals surface area contributed by atoms with Crippen LogP contribution < -0.4 is 10.6 Å². The number of carbonyl (C=O) groups excluding carboxylic acids is 1. The van der Waals surface area contributed by atoms with Crippen molar-refractivity contribution in [1.29, 1.82) is 0 Å². The summed E-state index contributed by atoms with van der Waals surface area (Å²) < 4.78 is 22.8. The fourth-order valence-electron chi connectivity index (χ4n) is 2.79. The zero-order valence-corrected chi connectivity index (χ0v) is 13.5. The van der Waals surface area contributed by atoms with Gasteiger partial charge in [-0.05, 0) is 37.0 Å². The van der Waals surface area contributed by atoms with E-state index >= 15 is 0 Å². The molecule has 6 nitrogen and oxygen atoms in total. The van der Waals surface area contributed by atoms with Crippen LogP contribution in [0.15, 0.2) is 36.4 Å². The summed E-state index contributed by atoms with van der Waals surface area (Å²) >= 11 is 0. The maximum Gasteiger partial charge on any atom is 0.320 e. The van der Waals surface area contributed by atoms with Crippen LogP contribution in [0.25, 0.3) is 10.9 Å². The molecule has 0 spiro atoms. The summed E-state index contributed by atoms with van der Waals surface area (Å²) in [5.41, 5.74) is 0.821. The molecule has 1 saturated heterocycles. The molecule has 1 fully saturated rings. The lowest BCUT2D eigenvalue weighted by atomic mass is 10.1. The zero-order valence-electron chi connectivity index (χ0n) is 12.7. The normalized spacial score (nSPS) is 19.6. The van der Waals surface area contributed by atoms with Crippen molar-refractivity contribution < 1.29 is 13.2 Å². The van der Waals surface area contributed by atoms with E-state index in [1.54, 1.807) is 6.07 Å². The molecule has 2 N–H and O–H groups in total. The van der Waals surface area contributed by atoms with Crippen molar-refractivity contribution in [3.8, 4) is 0 Å². The monoisotopic (exact) mass is 333 g/mol. The molecule has 1 aliphatic rings. The van der Waals surface area contributed by atoms with Gasteiger partial charge < -0.3 is 5.32 Å². The summed E-state index contributed by atoms with van der Waals surface area (Å²) in [5, 5.41) is 6.46. The highest BCUT2D eigenvalue weighted by Crippen LogP contribution is 2.20. The molecule has 0 radical (unpaired) electrons. The number of urea groups is 1. The van der Waals surface area contributed by atoms with Crippen LogP contribution in [-0.4, -0.2) is 37.5 Å². The Bertz CT molecular complexity index is 820. The van der Waals surface area contributed by atoms with Crippen LogP contribution >= 0.6 is 0 Å². The van der Waals surface area contributed by atoms with Gasteiger partial charge in [-0.3, -0.25) is 5.32 Å². The Balaban J connectivity index is 1.49. The number of nitrogens with zero attached hydrogens (tertiary/aromatic N) is 1. The molecule has 1 aromatic heterocycles. The van der Waals surface area contributed by atoms with Gasteiger partial charge in [-0.2, -0.15) is 0 Å². The minimum Gasteiger partial charge on any atom is -0.338 e. The van der Waals surface area contributed by atoms with Crippen molar-refractivity contribution in [2.45, 2.75) is 12.8 Å². The molecule has 2 amide bonds. The maximum absolute atomic E-state index is 11.9. The molecule has 2 aromatic rings. The first-order valence-corrected chi connectivity index (χ1v) is 9.45. The highest BCUT2D eigenvalue weighted by Gasteiger charge is 2.27. The average molecular weight is 333 g/mol. The van der Waals surface area contributed by atoms with Gasteiger partial charge in [-0.25, -0.2) is 18.2 Å². The van der Waals surface area contributed by atoms with Gasteiger partial charge in [-0.15, -0.1) is 0 Å². The number of sulfone groups is 1. The standard InChI is InChI=1S/C16H19N3O3S/c20-16(17-9-7-12-8-10-23(21,22)11-12)19-15-6-5-13-3-1-2-4-14(13)18-15/h1-6,12H,7-11H2,(H2,17,18,19,20). The van der Waals surface area contributed by atoms with Crippen LogP contribution in [0.4, 0.5) is 10.6 Å². The van der Waals surface area contributed by atoms with Gasteiger partial charge in [0.25, 0.3) is 0 Å². The number of benzene rings is 1. The van der Waals surface area contributed by atoms with Crippen molar-refractivity contribution in [3.05, 3.63) is 36.4 Å². The minimum absolute atomic E-state index is 0.152. The molecule has 122 valence electrons. The quantitative estimate of drug-likeness (QED) is 0.897. The molecule has 1 aliphatic heterocycles.